The second kappa shape index (κ2) is 8.48. The van der Waals surface area contributed by atoms with Gasteiger partial charge in [0.2, 0.25) is 0 Å². The minimum Gasteiger partial charge on any atom is -0.385 e. The van der Waals surface area contributed by atoms with Crippen molar-refractivity contribution in [1.29, 1.82) is 0 Å². The van der Waals surface area contributed by atoms with Gasteiger partial charge in [-0.05, 0) is 58.2 Å². The molecule has 7 nitrogen and oxygen atoms in total. The highest BCUT2D eigenvalue weighted by atomic mass is 32.1. The number of aromatic nitrogens is 4. The van der Waals surface area contributed by atoms with Crippen LogP contribution in [0.15, 0.2) is 12.4 Å². The van der Waals surface area contributed by atoms with Crippen LogP contribution < -0.4 is 4.90 Å². The highest BCUT2D eigenvalue weighted by Crippen LogP contribution is 2.38. The monoisotopic (exact) mass is 440 g/mol. The molecular weight excluding hydrogens is 408 g/mol. The van der Waals surface area contributed by atoms with Gasteiger partial charge < -0.3 is 14.6 Å². The zero-order valence-electron chi connectivity index (χ0n) is 18.7. The van der Waals surface area contributed by atoms with Gasteiger partial charge in [-0.25, -0.2) is 15.0 Å². The van der Waals surface area contributed by atoms with Gasteiger partial charge in [-0.15, -0.1) is 11.3 Å². The van der Waals surface area contributed by atoms with Gasteiger partial charge in [-0.3, -0.25) is 4.90 Å². The maximum atomic E-state index is 11.0. The van der Waals surface area contributed by atoms with Crippen LogP contribution in [0.5, 0.6) is 0 Å². The van der Waals surface area contributed by atoms with Crippen molar-refractivity contribution in [3.8, 4) is 0 Å². The van der Waals surface area contributed by atoms with E-state index < -0.39 is 6.10 Å². The molecule has 2 aliphatic rings. The SMILES string of the molecule is Cc1sc2nc(CN3CCCC3)nc(N3CCCC(C(O)c4nccn4C)C3)c2c1C. The van der Waals surface area contributed by atoms with Crippen LogP contribution in [-0.4, -0.2) is 55.7 Å². The lowest BCUT2D eigenvalue weighted by atomic mass is 9.91. The van der Waals surface area contributed by atoms with E-state index in [4.69, 9.17) is 9.97 Å². The topological polar surface area (TPSA) is 70.3 Å². The van der Waals surface area contributed by atoms with Crippen molar-refractivity contribution >= 4 is 27.4 Å². The number of likely N-dealkylation sites (tertiary alicyclic amines) is 1. The highest BCUT2D eigenvalue weighted by molar-refractivity contribution is 7.18. The number of anilines is 1. The average molecular weight is 441 g/mol. The lowest BCUT2D eigenvalue weighted by molar-refractivity contribution is 0.0874. The van der Waals surface area contributed by atoms with Crippen molar-refractivity contribution in [2.45, 2.75) is 52.2 Å². The molecule has 2 saturated heterocycles. The van der Waals surface area contributed by atoms with E-state index in [1.807, 2.05) is 17.8 Å². The molecule has 0 bridgehead atoms. The minimum atomic E-state index is -0.561. The molecule has 3 aromatic heterocycles. The fourth-order valence-electron chi connectivity index (χ4n) is 5.04. The molecule has 5 rings (SSSR count). The Morgan fingerprint density at radius 3 is 2.71 bits per heavy atom. The largest absolute Gasteiger partial charge is 0.385 e. The summed E-state index contributed by atoms with van der Waals surface area (Å²) in [4.78, 5) is 21.7. The lowest BCUT2D eigenvalue weighted by Crippen LogP contribution is -2.39. The van der Waals surface area contributed by atoms with Gasteiger partial charge in [0.25, 0.3) is 0 Å². The molecule has 0 aliphatic carbocycles. The number of hydrogen-bond donors (Lipinski definition) is 1. The van der Waals surface area contributed by atoms with Crippen molar-refractivity contribution in [3.05, 3.63) is 34.5 Å². The number of rotatable bonds is 5. The van der Waals surface area contributed by atoms with Crippen LogP contribution >= 0.6 is 11.3 Å². The van der Waals surface area contributed by atoms with E-state index in [0.717, 1.165) is 67.9 Å². The Hall–Kier alpha value is -2.03. The Bertz CT molecular complexity index is 1070. The number of thiophene rings is 1. The molecular formula is C23H32N6OS. The summed E-state index contributed by atoms with van der Waals surface area (Å²) >= 11 is 1.78. The molecule has 0 spiro atoms. The number of imidazole rings is 1. The quantitative estimate of drug-likeness (QED) is 0.654. The summed E-state index contributed by atoms with van der Waals surface area (Å²) in [6, 6.07) is 0. The van der Waals surface area contributed by atoms with Crippen molar-refractivity contribution in [2.24, 2.45) is 13.0 Å². The van der Waals surface area contributed by atoms with Gasteiger partial charge in [0.1, 0.15) is 28.4 Å². The van der Waals surface area contributed by atoms with Gasteiger partial charge in [0.05, 0.1) is 11.9 Å². The summed E-state index contributed by atoms with van der Waals surface area (Å²) in [6.07, 6.45) is 7.68. The fourth-order valence-corrected chi connectivity index (χ4v) is 6.09. The summed E-state index contributed by atoms with van der Waals surface area (Å²) in [5, 5.41) is 12.2. The number of aliphatic hydroxyl groups excluding tert-OH is 1. The molecule has 8 heteroatoms. The Balaban J connectivity index is 1.48. The molecule has 2 atom stereocenters. The first-order chi connectivity index (χ1) is 15.0. The molecule has 0 aromatic carbocycles. The number of aryl methyl sites for hydroxylation is 3. The Morgan fingerprint density at radius 1 is 1.16 bits per heavy atom. The summed E-state index contributed by atoms with van der Waals surface area (Å²) in [5.41, 5.74) is 1.29. The molecule has 1 N–H and O–H groups in total. The van der Waals surface area contributed by atoms with Crippen LogP contribution in [0.2, 0.25) is 0 Å². The Kier molecular flexibility index (Phi) is 5.71. The van der Waals surface area contributed by atoms with Crippen LogP contribution in [0, 0.1) is 19.8 Å². The van der Waals surface area contributed by atoms with Crippen LogP contribution in [0.1, 0.15) is 53.9 Å². The molecule has 0 radical (unpaired) electrons. The van der Waals surface area contributed by atoms with E-state index in [1.165, 1.54) is 28.7 Å². The first-order valence-electron chi connectivity index (χ1n) is 11.4. The Labute approximate surface area is 187 Å². The normalized spacial score (nSPS) is 21.3. The van der Waals surface area contributed by atoms with Crippen LogP contribution in [0.4, 0.5) is 5.82 Å². The molecule has 2 unspecified atom stereocenters. The van der Waals surface area contributed by atoms with Gasteiger partial charge in [0, 0.05) is 43.3 Å². The molecule has 0 saturated carbocycles. The third-order valence-corrected chi connectivity index (χ3v) is 8.05. The molecule has 0 amide bonds. The number of hydrogen-bond acceptors (Lipinski definition) is 7. The molecule has 2 aliphatic heterocycles. The first kappa shape index (κ1) is 20.8. The zero-order chi connectivity index (χ0) is 21.5. The number of nitrogens with zero attached hydrogens (tertiary/aromatic N) is 6. The molecule has 31 heavy (non-hydrogen) atoms. The molecule has 3 aromatic rings. The van der Waals surface area contributed by atoms with E-state index in [9.17, 15) is 5.11 Å². The summed E-state index contributed by atoms with van der Waals surface area (Å²) in [5.74, 6) is 2.87. The Morgan fingerprint density at radius 2 is 1.97 bits per heavy atom. The molecule has 166 valence electrons. The minimum absolute atomic E-state index is 0.141. The number of aliphatic hydroxyl groups is 1. The van der Waals surface area contributed by atoms with Crippen molar-refractivity contribution < 1.29 is 5.11 Å². The summed E-state index contributed by atoms with van der Waals surface area (Å²) in [6.45, 7) is 9.22. The van der Waals surface area contributed by atoms with Crippen molar-refractivity contribution in [3.63, 3.8) is 0 Å². The summed E-state index contributed by atoms with van der Waals surface area (Å²) < 4.78 is 1.92. The first-order valence-corrected chi connectivity index (χ1v) is 12.2. The second-order valence-corrected chi connectivity index (χ2v) is 10.3. The highest BCUT2D eigenvalue weighted by Gasteiger charge is 2.31. The average Bonchev–Trinajstić information content (AvgIpc) is 3.49. The third-order valence-electron chi connectivity index (χ3n) is 6.95. The number of piperidine rings is 1. The predicted molar refractivity (Wildman–Crippen MR) is 125 cm³/mol. The predicted octanol–water partition coefficient (Wildman–Crippen LogP) is 3.59. The smallest absolute Gasteiger partial charge is 0.146 e. The second-order valence-electron chi connectivity index (χ2n) is 9.10. The third kappa shape index (κ3) is 3.97. The van der Waals surface area contributed by atoms with Crippen LogP contribution in [-0.2, 0) is 13.6 Å². The van der Waals surface area contributed by atoms with Crippen molar-refractivity contribution in [1.82, 2.24) is 24.4 Å². The zero-order valence-corrected chi connectivity index (χ0v) is 19.5. The van der Waals surface area contributed by atoms with E-state index >= 15 is 0 Å². The van der Waals surface area contributed by atoms with E-state index in [0.29, 0.717) is 0 Å². The maximum Gasteiger partial charge on any atom is 0.146 e. The van der Waals surface area contributed by atoms with E-state index in [2.05, 4.69) is 28.6 Å². The van der Waals surface area contributed by atoms with Crippen molar-refractivity contribution in [2.75, 3.05) is 31.1 Å². The van der Waals surface area contributed by atoms with Crippen LogP contribution in [0.25, 0.3) is 10.2 Å². The number of fused-ring (bicyclic) bond motifs is 1. The van der Waals surface area contributed by atoms with Gasteiger partial charge >= 0.3 is 0 Å². The van der Waals surface area contributed by atoms with Crippen LogP contribution in [0.3, 0.4) is 0 Å². The molecule has 2 fully saturated rings. The fraction of sp³-hybridized carbons (Fsp3) is 0.609. The maximum absolute atomic E-state index is 11.0. The van der Waals surface area contributed by atoms with E-state index in [1.54, 1.807) is 17.5 Å². The van der Waals surface area contributed by atoms with Gasteiger partial charge in [-0.2, -0.15) is 0 Å². The standard InChI is InChI=1S/C23H32N6OS/c1-15-16(2)31-23-19(15)21(25-18(26-23)14-28-9-4-5-10-28)29-11-6-7-17(13-29)20(30)22-24-8-12-27(22)3/h8,12,17,20,30H,4-7,9-11,13-14H2,1-3H3. The lowest BCUT2D eigenvalue weighted by Gasteiger charge is -2.36. The van der Waals surface area contributed by atoms with Gasteiger partial charge in [0.15, 0.2) is 0 Å². The van der Waals surface area contributed by atoms with Gasteiger partial charge in [-0.1, -0.05) is 0 Å². The summed E-state index contributed by atoms with van der Waals surface area (Å²) in [7, 11) is 1.95. The molecule has 5 heterocycles. The van der Waals surface area contributed by atoms with E-state index in [-0.39, 0.29) is 5.92 Å².